The summed E-state index contributed by atoms with van der Waals surface area (Å²) < 4.78 is 0. The van der Waals surface area contributed by atoms with Crippen LogP contribution >= 0.6 is 0 Å². The standard InChI is InChI=1S/C11H17N3O2/c1-11(2,8-12)4-5-14-7-9(15)13(3)6-10(14)16/h4-7H2,1-3H3. The summed E-state index contributed by atoms with van der Waals surface area (Å²) in [6, 6.07) is 2.18. The normalized spacial score (nSPS) is 17.6. The van der Waals surface area contributed by atoms with E-state index in [9.17, 15) is 9.59 Å². The summed E-state index contributed by atoms with van der Waals surface area (Å²) in [5.74, 6) is -0.0924. The highest BCUT2D eigenvalue weighted by Crippen LogP contribution is 2.19. The number of carbonyl (C=O) groups excluding carboxylic acids is 2. The molecule has 0 radical (unpaired) electrons. The van der Waals surface area contributed by atoms with Crippen LogP contribution in [0.5, 0.6) is 0 Å². The molecule has 5 heteroatoms. The van der Waals surface area contributed by atoms with Crippen LogP contribution in [-0.2, 0) is 9.59 Å². The van der Waals surface area contributed by atoms with Gasteiger partial charge in [0.15, 0.2) is 0 Å². The molecule has 0 aromatic heterocycles. The van der Waals surface area contributed by atoms with E-state index in [1.165, 1.54) is 9.80 Å². The van der Waals surface area contributed by atoms with Gasteiger partial charge in [0, 0.05) is 13.6 Å². The van der Waals surface area contributed by atoms with Crippen LogP contribution in [0.15, 0.2) is 0 Å². The van der Waals surface area contributed by atoms with Crippen molar-refractivity contribution < 1.29 is 9.59 Å². The van der Waals surface area contributed by atoms with Crippen molar-refractivity contribution in [2.75, 3.05) is 26.7 Å². The van der Waals surface area contributed by atoms with Crippen molar-refractivity contribution in [1.29, 1.82) is 5.26 Å². The van der Waals surface area contributed by atoms with Gasteiger partial charge in [0.05, 0.1) is 24.6 Å². The lowest BCUT2D eigenvalue weighted by atomic mass is 9.91. The maximum Gasteiger partial charge on any atom is 0.242 e. The van der Waals surface area contributed by atoms with Crippen molar-refractivity contribution in [1.82, 2.24) is 9.80 Å². The molecule has 1 aliphatic heterocycles. The fraction of sp³-hybridized carbons (Fsp3) is 0.727. The second kappa shape index (κ2) is 4.52. The predicted molar refractivity (Wildman–Crippen MR) is 58.2 cm³/mol. The minimum absolute atomic E-state index is 0.0455. The smallest absolute Gasteiger partial charge is 0.242 e. The van der Waals surface area contributed by atoms with E-state index in [0.717, 1.165) is 0 Å². The van der Waals surface area contributed by atoms with Gasteiger partial charge in [-0.15, -0.1) is 0 Å². The Balaban J connectivity index is 2.53. The number of rotatable bonds is 3. The fourth-order valence-electron chi connectivity index (χ4n) is 1.44. The third-order valence-corrected chi connectivity index (χ3v) is 2.79. The summed E-state index contributed by atoms with van der Waals surface area (Å²) in [5.41, 5.74) is -0.452. The van der Waals surface area contributed by atoms with Crippen LogP contribution in [0, 0.1) is 16.7 Å². The quantitative estimate of drug-likeness (QED) is 0.687. The van der Waals surface area contributed by atoms with Gasteiger partial charge in [-0.25, -0.2) is 0 Å². The zero-order valence-electron chi connectivity index (χ0n) is 9.99. The molecule has 0 bridgehead atoms. The second-order valence-corrected chi connectivity index (χ2v) is 4.81. The molecule has 5 nitrogen and oxygen atoms in total. The van der Waals surface area contributed by atoms with Crippen molar-refractivity contribution in [3.8, 4) is 6.07 Å². The average molecular weight is 223 g/mol. The van der Waals surface area contributed by atoms with Gasteiger partial charge in [0.25, 0.3) is 0 Å². The Hall–Kier alpha value is -1.57. The first kappa shape index (κ1) is 12.5. The summed E-state index contributed by atoms with van der Waals surface area (Å²) >= 11 is 0. The van der Waals surface area contributed by atoms with Crippen LogP contribution in [0.1, 0.15) is 20.3 Å². The lowest BCUT2D eigenvalue weighted by Gasteiger charge is -2.32. The predicted octanol–water partition coefficient (Wildman–Crippen LogP) is 0.227. The van der Waals surface area contributed by atoms with Crippen molar-refractivity contribution >= 4 is 11.8 Å². The molecular weight excluding hydrogens is 206 g/mol. The van der Waals surface area contributed by atoms with Gasteiger partial charge in [0.2, 0.25) is 11.8 Å². The highest BCUT2D eigenvalue weighted by molar-refractivity contribution is 5.92. The van der Waals surface area contributed by atoms with E-state index in [1.54, 1.807) is 7.05 Å². The molecule has 0 aliphatic carbocycles. The Morgan fingerprint density at radius 3 is 2.50 bits per heavy atom. The lowest BCUT2D eigenvalue weighted by molar-refractivity contribution is -0.148. The van der Waals surface area contributed by atoms with Crippen LogP contribution < -0.4 is 0 Å². The Morgan fingerprint density at radius 2 is 1.94 bits per heavy atom. The molecule has 0 spiro atoms. The summed E-state index contributed by atoms with van der Waals surface area (Å²) in [5, 5.41) is 8.85. The Labute approximate surface area is 95.6 Å². The molecule has 0 atom stereocenters. The van der Waals surface area contributed by atoms with Gasteiger partial charge in [-0.1, -0.05) is 0 Å². The van der Waals surface area contributed by atoms with Gasteiger partial charge < -0.3 is 9.80 Å². The number of likely N-dealkylation sites (N-methyl/N-ethyl adjacent to an activating group) is 1. The Bertz CT molecular complexity index is 344. The first-order valence-electron chi connectivity index (χ1n) is 5.29. The molecule has 0 unspecified atom stereocenters. The first-order chi connectivity index (χ1) is 7.35. The summed E-state index contributed by atoms with van der Waals surface area (Å²) in [6.45, 7) is 4.41. The minimum Gasteiger partial charge on any atom is -0.335 e. The van der Waals surface area contributed by atoms with E-state index < -0.39 is 5.41 Å². The summed E-state index contributed by atoms with van der Waals surface area (Å²) in [4.78, 5) is 26.0. The fourth-order valence-corrected chi connectivity index (χ4v) is 1.44. The molecule has 0 aromatic rings. The third-order valence-electron chi connectivity index (χ3n) is 2.79. The SMILES string of the molecule is CN1CC(=O)N(CCC(C)(C)C#N)CC1=O. The van der Waals surface area contributed by atoms with Crippen molar-refractivity contribution in [3.05, 3.63) is 0 Å². The molecule has 1 fully saturated rings. The number of hydrogen-bond donors (Lipinski definition) is 0. The molecule has 0 saturated carbocycles. The highest BCUT2D eigenvalue weighted by Gasteiger charge is 2.28. The molecule has 1 rings (SSSR count). The van der Waals surface area contributed by atoms with Crippen LogP contribution in [0.3, 0.4) is 0 Å². The first-order valence-corrected chi connectivity index (χ1v) is 5.29. The third kappa shape index (κ3) is 2.96. The van der Waals surface area contributed by atoms with Crippen molar-refractivity contribution in [2.24, 2.45) is 5.41 Å². The molecule has 16 heavy (non-hydrogen) atoms. The van der Waals surface area contributed by atoms with Crippen LogP contribution in [0.2, 0.25) is 0 Å². The molecule has 1 heterocycles. The largest absolute Gasteiger partial charge is 0.335 e. The van der Waals surface area contributed by atoms with Crippen molar-refractivity contribution in [2.45, 2.75) is 20.3 Å². The molecule has 0 aromatic carbocycles. The molecule has 1 aliphatic rings. The zero-order valence-corrected chi connectivity index (χ0v) is 9.99. The molecule has 0 N–H and O–H groups in total. The van der Waals surface area contributed by atoms with E-state index in [-0.39, 0.29) is 24.9 Å². The minimum atomic E-state index is -0.452. The van der Waals surface area contributed by atoms with E-state index in [2.05, 4.69) is 6.07 Å². The Morgan fingerprint density at radius 1 is 1.31 bits per heavy atom. The average Bonchev–Trinajstić information content (AvgIpc) is 2.22. The number of piperazine rings is 1. The molecular formula is C11H17N3O2. The van der Waals surface area contributed by atoms with Gasteiger partial charge in [0.1, 0.15) is 0 Å². The van der Waals surface area contributed by atoms with Crippen LogP contribution in [0.4, 0.5) is 0 Å². The zero-order chi connectivity index (χ0) is 12.3. The second-order valence-electron chi connectivity index (χ2n) is 4.81. The number of carbonyl (C=O) groups is 2. The van der Waals surface area contributed by atoms with E-state index >= 15 is 0 Å². The van der Waals surface area contributed by atoms with E-state index in [0.29, 0.717) is 13.0 Å². The van der Waals surface area contributed by atoms with Crippen molar-refractivity contribution in [3.63, 3.8) is 0 Å². The van der Waals surface area contributed by atoms with Gasteiger partial charge >= 0.3 is 0 Å². The topological polar surface area (TPSA) is 64.4 Å². The Kier molecular flexibility index (Phi) is 3.53. The maximum atomic E-state index is 11.6. The number of amides is 2. The monoisotopic (exact) mass is 223 g/mol. The summed E-state index contributed by atoms with van der Waals surface area (Å²) in [6.07, 6.45) is 0.590. The van der Waals surface area contributed by atoms with Gasteiger partial charge in [-0.05, 0) is 20.3 Å². The van der Waals surface area contributed by atoms with E-state index in [4.69, 9.17) is 5.26 Å². The summed E-state index contributed by atoms with van der Waals surface area (Å²) in [7, 11) is 1.62. The highest BCUT2D eigenvalue weighted by atomic mass is 16.2. The van der Waals surface area contributed by atoms with Gasteiger partial charge in [-0.3, -0.25) is 9.59 Å². The number of nitrogens with zero attached hydrogens (tertiary/aromatic N) is 3. The maximum absolute atomic E-state index is 11.6. The van der Waals surface area contributed by atoms with Crippen LogP contribution in [0.25, 0.3) is 0 Å². The van der Waals surface area contributed by atoms with Crippen LogP contribution in [-0.4, -0.2) is 48.3 Å². The lowest BCUT2D eigenvalue weighted by Crippen LogP contribution is -2.52. The molecule has 88 valence electrons. The molecule has 1 saturated heterocycles. The molecule has 2 amide bonds. The van der Waals surface area contributed by atoms with Gasteiger partial charge in [-0.2, -0.15) is 5.26 Å². The number of hydrogen-bond acceptors (Lipinski definition) is 3. The number of nitriles is 1. The van der Waals surface area contributed by atoms with E-state index in [1.807, 2.05) is 13.8 Å².